The van der Waals surface area contributed by atoms with Gasteiger partial charge in [0.05, 0.1) is 5.54 Å². The molecule has 0 radical (unpaired) electrons. The number of thioether (sulfide) groups is 1. The lowest BCUT2D eigenvalue weighted by molar-refractivity contribution is 0.0950. The summed E-state index contributed by atoms with van der Waals surface area (Å²) >= 11 is 1.23. The van der Waals surface area contributed by atoms with E-state index in [9.17, 15) is 9.59 Å². The van der Waals surface area contributed by atoms with Gasteiger partial charge in [-0.1, -0.05) is 72.4 Å². The minimum Gasteiger partial charge on any atom is -0.336 e. The molecule has 2 aromatic carbocycles. The summed E-state index contributed by atoms with van der Waals surface area (Å²) in [6.07, 6.45) is 0.278. The van der Waals surface area contributed by atoms with Gasteiger partial charge in [0.25, 0.3) is 5.24 Å². The number of Topliss-reactive ketones (excluding diaryl/α,β-unsaturated/α-hetero) is 1. The molecule has 1 aliphatic heterocycles. The summed E-state index contributed by atoms with van der Waals surface area (Å²) in [4.78, 5) is 24.2. The van der Waals surface area contributed by atoms with Crippen molar-refractivity contribution in [2.75, 3.05) is 5.75 Å². The van der Waals surface area contributed by atoms with Gasteiger partial charge in [-0.05, 0) is 5.56 Å². The van der Waals surface area contributed by atoms with E-state index in [0.29, 0.717) is 11.3 Å². The normalized spacial score (nSPS) is 21.0. The predicted octanol–water partition coefficient (Wildman–Crippen LogP) is 3.61. The average Bonchev–Trinajstić information content (AvgIpc) is 2.91. The van der Waals surface area contributed by atoms with Gasteiger partial charge < -0.3 is 5.32 Å². The molecule has 0 saturated carbocycles. The molecule has 4 heteroatoms. The number of carbonyl (C=O) groups is 2. The zero-order valence-corrected chi connectivity index (χ0v) is 12.2. The van der Waals surface area contributed by atoms with Crippen LogP contribution in [0.15, 0.2) is 60.7 Å². The largest absolute Gasteiger partial charge is 0.336 e. The highest BCUT2D eigenvalue weighted by atomic mass is 32.2. The lowest BCUT2D eigenvalue weighted by atomic mass is 9.85. The van der Waals surface area contributed by atoms with Crippen molar-refractivity contribution in [3.63, 3.8) is 0 Å². The molecule has 1 atom stereocenters. The Hall–Kier alpha value is -2.07. The maximum atomic E-state index is 12.5. The SMILES string of the molecule is O=C1NC(CC(=O)c2ccccc2)(c2ccccc2)CS1. The number of rotatable bonds is 4. The first-order valence-corrected chi connectivity index (χ1v) is 7.77. The van der Waals surface area contributed by atoms with Crippen molar-refractivity contribution >= 4 is 22.8 Å². The molecule has 1 heterocycles. The highest BCUT2D eigenvalue weighted by molar-refractivity contribution is 8.14. The molecule has 2 aromatic rings. The first-order chi connectivity index (χ1) is 10.2. The van der Waals surface area contributed by atoms with Crippen molar-refractivity contribution in [3.05, 3.63) is 71.8 Å². The Labute approximate surface area is 127 Å². The predicted molar refractivity (Wildman–Crippen MR) is 84.5 cm³/mol. The summed E-state index contributed by atoms with van der Waals surface area (Å²) in [5, 5.41) is 2.92. The van der Waals surface area contributed by atoms with Crippen molar-refractivity contribution in [2.24, 2.45) is 0 Å². The molecule has 21 heavy (non-hydrogen) atoms. The van der Waals surface area contributed by atoms with Crippen LogP contribution < -0.4 is 5.32 Å². The smallest absolute Gasteiger partial charge is 0.279 e. The Bertz CT molecular complexity index is 657. The summed E-state index contributed by atoms with van der Waals surface area (Å²) in [5.74, 6) is 0.622. The molecule has 3 rings (SSSR count). The van der Waals surface area contributed by atoms with Crippen molar-refractivity contribution in [3.8, 4) is 0 Å². The van der Waals surface area contributed by atoms with Crippen molar-refractivity contribution in [1.29, 1.82) is 0 Å². The Morgan fingerprint density at radius 3 is 2.24 bits per heavy atom. The van der Waals surface area contributed by atoms with E-state index in [0.717, 1.165) is 5.56 Å². The maximum absolute atomic E-state index is 12.5. The van der Waals surface area contributed by atoms with Gasteiger partial charge in [0.15, 0.2) is 5.78 Å². The Balaban J connectivity index is 1.91. The lowest BCUT2D eigenvalue weighted by Crippen LogP contribution is -2.42. The standard InChI is InChI=1S/C17H15NO2S/c19-15(13-7-3-1-4-8-13)11-17(12-21-16(20)18-17)14-9-5-2-6-10-14/h1-10H,11-12H2,(H,18,20). The molecule has 106 valence electrons. The fourth-order valence-electron chi connectivity index (χ4n) is 2.57. The number of amides is 1. The van der Waals surface area contributed by atoms with Crippen LogP contribution >= 0.6 is 11.8 Å². The molecule has 0 spiro atoms. The van der Waals surface area contributed by atoms with Crippen LogP contribution in [0.5, 0.6) is 0 Å². The van der Waals surface area contributed by atoms with Crippen LogP contribution in [0.2, 0.25) is 0 Å². The summed E-state index contributed by atoms with van der Waals surface area (Å²) in [7, 11) is 0. The van der Waals surface area contributed by atoms with Gasteiger partial charge >= 0.3 is 0 Å². The highest BCUT2D eigenvalue weighted by Crippen LogP contribution is 2.36. The van der Waals surface area contributed by atoms with Gasteiger partial charge in [0, 0.05) is 17.7 Å². The Kier molecular flexibility index (Phi) is 3.80. The molecule has 1 saturated heterocycles. The second kappa shape index (κ2) is 5.74. The van der Waals surface area contributed by atoms with Crippen LogP contribution in [0.1, 0.15) is 22.3 Å². The number of carbonyl (C=O) groups excluding carboxylic acids is 2. The van der Waals surface area contributed by atoms with E-state index in [2.05, 4.69) is 5.32 Å². The summed E-state index contributed by atoms with van der Waals surface area (Å²) < 4.78 is 0. The van der Waals surface area contributed by atoms with Gasteiger partial charge in [-0.3, -0.25) is 9.59 Å². The molecule has 0 aromatic heterocycles. The Morgan fingerprint density at radius 2 is 1.67 bits per heavy atom. The monoisotopic (exact) mass is 297 g/mol. The van der Waals surface area contributed by atoms with E-state index in [1.54, 1.807) is 0 Å². The number of hydrogen-bond donors (Lipinski definition) is 1. The molecule has 3 nitrogen and oxygen atoms in total. The summed E-state index contributed by atoms with van der Waals surface area (Å²) in [5.41, 5.74) is 1.06. The first-order valence-electron chi connectivity index (χ1n) is 6.78. The van der Waals surface area contributed by atoms with Crippen LogP contribution in [0.4, 0.5) is 4.79 Å². The van der Waals surface area contributed by atoms with Crippen LogP contribution in [0.25, 0.3) is 0 Å². The van der Waals surface area contributed by atoms with Crippen LogP contribution in [0.3, 0.4) is 0 Å². The molecule has 1 fully saturated rings. The number of ketones is 1. The zero-order valence-electron chi connectivity index (χ0n) is 11.4. The lowest BCUT2D eigenvalue weighted by Gasteiger charge is -2.28. The molecule has 1 N–H and O–H groups in total. The van der Waals surface area contributed by atoms with E-state index >= 15 is 0 Å². The number of hydrogen-bond acceptors (Lipinski definition) is 3. The number of nitrogens with one attached hydrogen (secondary N) is 1. The van der Waals surface area contributed by atoms with Gasteiger partial charge in [0.2, 0.25) is 0 Å². The van der Waals surface area contributed by atoms with Gasteiger partial charge in [0.1, 0.15) is 0 Å². The third-order valence-corrected chi connectivity index (χ3v) is 4.68. The topological polar surface area (TPSA) is 46.2 Å². The summed E-state index contributed by atoms with van der Waals surface area (Å²) in [6, 6.07) is 18.9. The van der Waals surface area contributed by atoms with Gasteiger partial charge in [-0.15, -0.1) is 0 Å². The maximum Gasteiger partial charge on any atom is 0.279 e. The average molecular weight is 297 g/mol. The third kappa shape index (κ3) is 2.85. The minimum absolute atomic E-state index is 0.0438. The van der Waals surface area contributed by atoms with E-state index in [4.69, 9.17) is 0 Å². The quantitative estimate of drug-likeness (QED) is 0.877. The first kappa shape index (κ1) is 13.9. The van der Waals surface area contributed by atoms with Gasteiger partial charge in [-0.2, -0.15) is 0 Å². The van der Waals surface area contributed by atoms with E-state index in [1.807, 2.05) is 60.7 Å². The molecule has 1 amide bonds. The molecular formula is C17H15NO2S. The van der Waals surface area contributed by atoms with Crippen molar-refractivity contribution in [2.45, 2.75) is 12.0 Å². The zero-order chi connectivity index (χ0) is 14.7. The van der Waals surface area contributed by atoms with Crippen molar-refractivity contribution < 1.29 is 9.59 Å². The van der Waals surface area contributed by atoms with Crippen LogP contribution in [-0.2, 0) is 5.54 Å². The molecular weight excluding hydrogens is 282 g/mol. The van der Waals surface area contributed by atoms with Crippen LogP contribution in [-0.4, -0.2) is 16.8 Å². The summed E-state index contributed by atoms with van der Waals surface area (Å²) in [6.45, 7) is 0. The van der Waals surface area contributed by atoms with E-state index < -0.39 is 5.54 Å². The minimum atomic E-state index is -0.601. The van der Waals surface area contributed by atoms with E-state index in [1.165, 1.54) is 11.8 Å². The molecule has 0 aliphatic carbocycles. The van der Waals surface area contributed by atoms with Gasteiger partial charge in [-0.25, -0.2) is 0 Å². The highest BCUT2D eigenvalue weighted by Gasteiger charge is 2.41. The van der Waals surface area contributed by atoms with Crippen molar-refractivity contribution in [1.82, 2.24) is 5.32 Å². The fraction of sp³-hybridized carbons (Fsp3) is 0.176. The second-order valence-corrected chi connectivity index (χ2v) is 6.06. The van der Waals surface area contributed by atoms with Crippen LogP contribution in [0, 0.1) is 0 Å². The molecule has 0 bridgehead atoms. The Morgan fingerprint density at radius 1 is 1.05 bits per heavy atom. The number of benzene rings is 2. The third-order valence-electron chi connectivity index (χ3n) is 3.68. The molecule has 1 unspecified atom stereocenters. The van der Waals surface area contributed by atoms with E-state index in [-0.39, 0.29) is 17.4 Å². The second-order valence-electron chi connectivity index (χ2n) is 5.12. The molecule has 1 aliphatic rings. The fourth-order valence-corrected chi connectivity index (χ4v) is 3.55.